The van der Waals surface area contributed by atoms with Crippen molar-refractivity contribution in [1.29, 1.82) is 0 Å². The highest BCUT2D eigenvalue weighted by molar-refractivity contribution is 8.00. The second-order valence-electron chi connectivity index (χ2n) is 5.87. The van der Waals surface area contributed by atoms with E-state index in [-0.39, 0.29) is 11.7 Å². The van der Waals surface area contributed by atoms with Crippen molar-refractivity contribution in [2.75, 3.05) is 7.11 Å². The third-order valence-electron chi connectivity index (χ3n) is 4.15. The lowest BCUT2D eigenvalue weighted by Crippen LogP contribution is -2.27. The lowest BCUT2D eigenvalue weighted by molar-refractivity contribution is -0.136. The second kappa shape index (κ2) is 7.24. The van der Waals surface area contributed by atoms with Gasteiger partial charge in [-0.1, -0.05) is 54.2 Å². The maximum atomic E-state index is 11.3. The minimum atomic E-state index is -0.881. The third-order valence-corrected chi connectivity index (χ3v) is 5.29. The van der Waals surface area contributed by atoms with Crippen molar-refractivity contribution in [2.45, 2.75) is 16.8 Å². The van der Waals surface area contributed by atoms with Gasteiger partial charge in [0.05, 0.1) is 30.1 Å². The van der Waals surface area contributed by atoms with E-state index >= 15 is 0 Å². The Morgan fingerprint density at radius 1 is 1.15 bits per heavy atom. The first-order chi connectivity index (χ1) is 13.2. The van der Waals surface area contributed by atoms with Crippen LogP contribution in [0.15, 0.2) is 64.9 Å². The molecule has 136 valence electrons. The number of benzene rings is 2. The van der Waals surface area contributed by atoms with Gasteiger partial charge in [-0.2, -0.15) is 9.78 Å². The van der Waals surface area contributed by atoms with E-state index in [9.17, 15) is 9.90 Å². The van der Waals surface area contributed by atoms with Gasteiger partial charge < -0.3 is 9.84 Å². The van der Waals surface area contributed by atoms with E-state index in [4.69, 9.17) is 9.84 Å². The number of para-hydroxylation sites is 1. The third kappa shape index (κ3) is 3.31. The average Bonchev–Trinajstić information content (AvgIpc) is 3.10. The van der Waals surface area contributed by atoms with E-state index in [1.807, 2.05) is 54.6 Å². The Kier molecular flexibility index (Phi) is 4.64. The lowest BCUT2D eigenvalue weighted by atomic mass is 10.1. The molecule has 1 N–H and O–H groups in total. The molecule has 0 fully saturated rings. The Morgan fingerprint density at radius 3 is 2.63 bits per heavy atom. The van der Waals surface area contributed by atoms with Gasteiger partial charge >= 0.3 is 5.97 Å². The highest BCUT2D eigenvalue weighted by atomic mass is 32.2. The molecule has 0 unspecified atom stereocenters. The fourth-order valence-corrected chi connectivity index (χ4v) is 4.02. The maximum Gasteiger partial charge on any atom is 0.304 e. The zero-order chi connectivity index (χ0) is 18.8. The number of hydrogen-bond acceptors (Lipinski definition) is 6. The molecule has 8 heteroatoms. The summed E-state index contributed by atoms with van der Waals surface area (Å²) in [5.74, 6) is 0.341. The molecule has 0 bridgehead atoms. The molecule has 1 aromatic heterocycles. The lowest BCUT2D eigenvalue weighted by Gasteiger charge is -2.22. The van der Waals surface area contributed by atoms with E-state index in [0.717, 1.165) is 11.1 Å². The molecule has 7 nitrogen and oxygen atoms in total. The van der Waals surface area contributed by atoms with Crippen molar-refractivity contribution in [2.24, 2.45) is 5.10 Å². The molecule has 2 aromatic carbocycles. The molecule has 0 spiro atoms. The minimum absolute atomic E-state index is 0.0464. The zero-order valence-corrected chi connectivity index (χ0v) is 15.3. The summed E-state index contributed by atoms with van der Waals surface area (Å²) in [7, 11) is 1.60. The van der Waals surface area contributed by atoms with Gasteiger partial charge in [-0.05, 0) is 17.7 Å². The zero-order valence-electron chi connectivity index (χ0n) is 14.4. The number of thioether (sulfide) groups is 1. The molecule has 1 atom stereocenters. The van der Waals surface area contributed by atoms with Crippen LogP contribution in [0.5, 0.6) is 5.75 Å². The normalized spacial score (nSPS) is 15.7. The summed E-state index contributed by atoms with van der Waals surface area (Å²) >= 11 is 1.35. The number of carbonyl (C=O) groups is 1. The van der Waals surface area contributed by atoms with E-state index in [1.165, 1.54) is 11.8 Å². The highest BCUT2D eigenvalue weighted by Gasteiger charge is 2.31. The quantitative estimate of drug-likeness (QED) is 0.731. The van der Waals surface area contributed by atoms with Crippen molar-refractivity contribution < 1.29 is 14.6 Å². The van der Waals surface area contributed by atoms with Crippen LogP contribution in [0.2, 0.25) is 0 Å². The van der Waals surface area contributed by atoms with Crippen LogP contribution in [-0.4, -0.2) is 44.0 Å². The largest absolute Gasteiger partial charge is 0.496 e. The van der Waals surface area contributed by atoms with Crippen molar-refractivity contribution >= 4 is 23.4 Å². The van der Waals surface area contributed by atoms with Crippen LogP contribution in [0.25, 0.3) is 11.4 Å². The van der Waals surface area contributed by atoms with Gasteiger partial charge in [0.2, 0.25) is 5.16 Å². The summed E-state index contributed by atoms with van der Waals surface area (Å²) in [6.45, 7) is 0. The number of hydrogen-bond donors (Lipinski definition) is 1. The number of ether oxygens (including phenoxy) is 1. The summed E-state index contributed by atoms with van der Waals surface area (Å²) in [5.41, 5.74) is 2.33. The van der Waals surface area contributed by atoms with Crippen LogP contribution in [0.1, 0.15) is 12.0 Å². The number of carboxylic acids is 1. The summed E-state index contributed by atoms with van der Waals surface area (Å²) in [4.78, 5) is 11.3. The van der Waals surface area contributed by atoms with Crippen LogP contribution in [0.3, 0.4) is 0 Å². The molecule has 0 radical (unpaired) electrons. The van der Waals surface area contributed by atoms with Crippen molar-refractivity contribution in [3.05, 3.63) is 60.2 Å². The van der Waals surface area contributed by atoms with Gasteiger partial charge in [-0.25, -0.2) is 0 Å². The molecule has 1 aliphatic heterocycles. The predicted molar refractivity (Wildman–Crippen MR) is 102 cm³/mol. The van der Waals surface area contributed by atoms with E-state index in [2.05, 4.69) is 10.2 Å². The topological polar surface area (TPSA) is 89.6 Å². The van der Waals surface area contributed by atoms with E-state index in [1.54, 1.807) is 11.8 Å². The fourth-order valence-electron chi connectivity index (χ4n) is 2.93. The van der Waals surface area contributed by atoms with Crippen molar-refractivity contribution in [3.63, 3.8) is 0 Å². The predicted octanol–water partition coefficient (Wildman–Crippen LogP) is 3.16. The molecule has 2 heterocycles. The fraction of sp³-hybridized carbons (Fsp3) is 0.158. The molecule has 0 aliphatic carbocycles. The van der Waals surface area contributed by atoms with Gasteiger partial charge in [0.1, 0.15) is 5.75 Å². The SMILES string of the molecule is COc1ccccc1-c1nnc2n1N=C(c1ccccc1)[C@H](CC(=O)O)S2. The number of methoxy groups -OCH3 is 1. The van der Waals surface area contributed by atoms with Crippen LogP contribution in [0, 0.1) is 0 Å². The molecule has 4 rings (SSSR count). The molecule has 3 aromatic rings. The minimum Gasteiger partial charge on any atom is -0.496 e. The Hall–Kier alpha value is -3.13. The van der Waals surface area contributed by atoms with E-state index < -0.39 is 5.97 Å². The first-order valence-electron chi connectivity index (χ1n) is 8.29. The summed E-state index contributed by atoms with van der Waals surface area (Å²) in [6.07, 6.45) is -0.0464. The molecule has 1 aliphatic rings. The Bertz CT molecular complexity index is 1020. The van der Waals surface area contributed by atoms with Crippen LogP contribution < -0.4 is 4.74 Å². The molecule has 0 amide bonds. The van der Waals surface area contributed by atoms with Gasteiger partial charge in [-0.3, -0.25) is 4.79 Å². The Morgan fingerprint density at radius 2 is 1.89 bits per heavy atom. The van der Waals surface area contributed by atoms with Crippen LogP contribution in [-0.2, 0) is 4.79 Å². The maximum absolute atomic E-state index is 11.3. The summed E-state index contributed by atoms with van der Waals surface area (Å²) in [5, 5.41) is 22.7. The van der Waals surface area contributed by atoms with Gasteiger partial charge in [-0.15, -0.1) is 10.2 Å². The number of rotatable bonds is 5. The summed E-state index contributed by atoms with van der Waals surface area (Å²) < 4.78 is 7.09. The second-order valence-corrected chi connectivity index (χ2v) is 7.04. The smallest absolute Gasteiger partial charge is 0.304 e. The number of fused-ring (bicyclic) bond motifs is 1. The average molecular weight is 380 g/mol. The standard InChI is InChI=1S/C19H16N4O3S/c1-26-14-10-6-5-9-13(14)18-20-21-19-23(18)22-17(12-7-3-2-4-8-12)15(27-19)11-16(24)25/h2-10,15H,11H2,1H3,(H,24,25)/t15-/m0/s1. The van der Waals surface area contributed by atoms with Gasteiger partial charge in [0.15, 0.2) is 5.82 Å². The first-order valence-corrected chi connectivity index (χ1v) is 9.17. The number of aromatic nitrogens is 3. The van der Waals surface area contributed by atoms with Gasteiger partial charge in [0.25, 0.3) is 0 Å². The Labute approximate surface area is 159 Å². The number of carboxylic acid groups (broad SMARTS) is 1. The first kappa shape index (κ1) is 17.3. The monoisotopic (exact) mass is 380 g/mol. The summed E-state index contributed by atoms with van der Waals surface area (Å²) in [6, 6.07) is 17.1. The molecule has 0 saturated carbocycles. The molecule has 27 heavy (non-hydrogen) atoms. The van der Waals surface area contributed by atoms with Crippen LogP contribution >= 0.6 is 11.8 Å². The Balaban J connectivity index is 1.85. The molecular formula is C19H16N4O3S. The van der Waals surface area contributed by atoms with Crippen molar-refractivity contribution in [1.82, 2.24) is 14.9 Å². The van der Waals surface area contributed by atoms with Gasteiger partial charge in [0, 0.05) is 0 Å². The number of nitrogens with zero attached hydrogens (tertiary/aromatic N) is 4. The van der Waals surface area contributed by atoms with Crippen LogP contribution in [0.4, 0.5) is 0 Å². The molecule has 0 saturated heterocycles. The molecular weight excluding hydrogens is 364 g/mol. The van der Waals surface area contributed by atoms with E-state index in [0.29, 0.717) is 22.4 Å². The number of aliphatic carboxylic acids is 1. The van der Waals surface area contributed by atoms with Crippen molar-refractivity contribution in [3.8, 4) is 17.1 Å². The highest BCUT2D eigenvalue weighted by Crippen LogP contribution is 2.36.